The molecule has 0 spiro atoms. The highest BCUT2D eigenvalue weighted by molar-refractivity contribution is 7.85. The van der Waals surface area contributed by atoms with Crippen molar-refractivity contribution in [2.24, 2.45) is 4.99 Å². The van der Waals surface area contributed by atoms with Crippen molar-refractivity contribution in [3.8, 4) is 0 Å². The van der Waals surface area contributed by atoms with Crippen LogP contribution in [0.15, 0.2) is 35.3 Å². The fourth-order valence-electron chi connectivity index (χ4n) is 4.35. The van der Waals surface area contributed by atoms with Crippen LogP contribution in [0.4, 0.5) is 0 Å². The van der Waals surface area contributed by atoms with Crippen molar-refractivity contribution in [1.82, 2.24) is 15.5 Å². The normalized spacial score (nSPS) is 25.9. The van der Waals surface area contributed by atoms with E-state index in [4.69, 9.17) is 4.74 Å². The molecular formula is C22H36N4O2S. The van der Waals surface area contributed by atoms with Crippen LogP contribution in [0.1, 0.15) is 44.2 Å². The molecular weight excluding hydrogens is 384 g/mol. The molecule has 1 aliphatic heterocycles. The van der Waals surface area contributed by atoms with E-state index >= 15 is 0 Å². The van der Waals surface area contributed by atoms with Crippen molar-refractivity contribution >= 4 is 16.8 Å². The Morgan fingerprint density at radius 3 is 2.72 bits per heavy atom. The van der Waals surface area contributed by atoms with E-state index in [0.717, 1.165) is 70.2 Å². The second kappa shape index (κ2) is 11.7. The molecule has 162 valence electrons. The lowest BCUT2D eigenvalue weighted by Gasteiger charge is -2.35. The number of ether oxygens (including phenoxy) is 1. The minimum atomic E-state index is -0.709. The highest BCUT2D eigenvalue weighted by Gasteiger charge is 2.27. The summed E-state index contributed by atoms with van der Waals surface area (Å²) >= 11 is 0. The number of nitrogens with zero attached hydrogens (tertiary/aromatic N) is 2. The molecule has 7 heteroatoms. The zero-order valence-electron chi connectivity index (χ0n) is 17.8. The number of benzene rings is 1. The highest BCUT2D eigenvalue weighted by Crippen LogP contribution is 2.23. The van der Waals surface area contributed by atoms with Gasteiger partial charge in [-0.15, -0.1) is 0 Å². The average Bonchev–Trinajstić information content (AvgIpc) is 2.79. The van der Waals surface area contributed by atoms with Gasteiger partial charge in [0.25, 0.3) is 0 Å². The van der Waals surface area contributed by atoms with Gasteiger partial charge < -0.3 is 15.4 Å². The summed E-state index contributed by atoms with van der Waals surface area (Å²) in [5, 5.41) is 7.45. The van der Waals surface area contributed by atoms with E-state index in [2.05, 4.69) is 50.9 Å². The molecule has 6 nitrogen and oxygen atoms in total. The van der Waals surface area contributed by atoms with Crippen LogP contribution in [0.5, 0.6) is 0 Å². The topological polar surface area (TPSA) is 66.0 Å². The minimum Gasteiger partial charge on any atom is -0.379 e. The van der Waals surface area contributed by atoms with Gasteiger partial charge in [0.2, 0.25) is 0 Å². The van der Waals surface area contributed by atoms with Crippen molar-refractivity contribution in [2.45, 2.75) is 49.9 Å². The Labute approximate surface area is 178 Å². The second-order valence-electron chi connectivity index (χ2n) is 7.83. The number of aliphatic imine (C=N–C) groups is 1. The Balaban J connectivity index is 1.59. The first-order chi connectivity index (χ1) is 14.2. The molecule has 1 aliphatic carbocycles. The molecule has 4 atom stereocenters. The predicted octanol–water partition coefficient (Wildman–Crippen LogP) is 2.30. The van der Waals surface area contributed by atoms with Crippen LogP contribution >= 0.6 is 0 Å². The summed E-state index contributed by atoms with van der Waals surface area (Å²) < 4.78 is 17.8. The van der Waals surface area contributed by atoms with Crippen molar-refractivity contribution in [3.05, 3.63) is 35.9 Å². The number of hydrogen-bond donors (Lipinski definition) is 2. The summed E-state index contributed by atoms with van der Waals surface area (Å²) in [7, 11) is 1.12. The number of hydrogen-bond acceptors (Lipinski definition) is 4. The Hall–Kier alpha value is -1.44. The fraction of sp³-hybridized carbons (Fsp3) is 0.682. The molecule has 3 rings (SSSR count). The maximum absolute atomic E-state index is 12.2. The maximum Gasteiger partial charge on any atom is 0.191 e. The SMILES string of the molecule is CCS(=O)C1CCCC(NC(=NC)NCC(c2ccccc2)N2CCOCC2)C1. The summed E-state index contributed by atoms with van der Waals surface area (Å²) in [5.41, 5.74) is 1.31. The summed E-state index contributed by atoms with van der Waals surface area (Å²) in [4.78, 5) is 6.94. The van der Waals surface area contributed by atoms with Gasteiger partial charge in [0.15, 0.2) is 5.96 Å². The third-order valence-electron chi connectivity index (χ3n) is 5.98. The van der Waals surface area contributed by atoms with Crippen molar-refractivity contribution in [3.63, 3.8) is 0 Å². The Morgan fingerprint density at radius 1 is 1.28 bits per heavy atom. The van der Waals surface area contributed by atoms with Gasteiger partial charge >= 0.3 is 0 Å². The zero-order valence-corrected chi connectivity index (χ0v) is 18.6. The maximum atomic E-state index is 12.2. The van der Waals surface area contributed by atoms with Gasteiger partial charge in [0, 0.05) is 54.5 Å². The van der Waals surface area contributed by atoms with E-state index in [0.29, 0.717) is 11.3 Å². The average molecular weight is 421 g/mol. The lowest BCUT2D eigenvalue weighted by atomic mass is 9.95. The van der Waals surface area contributed by atoms with E-state index in [1.165, 1.54) is 5.56 Å². The molecule has 2 N–H and O–H groups in total. The standard InChI is InChI=1S/C22H36N4O2S/c1-3-29(27)20-11-7-10-19(16-20)25-22(23-2)24-17-21(18-8-5-4-6-9-18)26-12-14-28-15-13-26/h4-6,8-9,19-21H,3,7,10-17H2,1-2H3,(H2,23,24,25). The molecule has 0 radical (unpaired) electrons. The third-order valence-corrected chi connectivity index (χ3v) is 7.72. The number of rotatable bonds is 7. The van der Waals surface area contributed by atoms with Crippen LogP contribution in [0, 0.1) is 0 Å². The van der Waals surface area contributed by atoms with E-state index in [1.54, 1.807) is 0 Å². The van der Waals surface area contributed by atoms with Gasteiger partial charge in [-0.2, -0.15) is 0 Å². The number of guanidine groups is 1. The molecule has 2 fully saturated rings. The van der Waals surface area contributed by atoms with Crippen LogP contribution in [0.25, 0.3) is 0 Å². The molecule has 1 saturated heterocycles. The summed E-state index contributed by atoms with van der Waals surface area (Å²) in [6.07, 6.45) is 4.29. The van der Waals surface area contributed by atoms with Gasteiger partial charge in [-0.25, -0.2) is 0 Å². The van der Waals surface area contributed by atoms with E-state index in [-0.39, 0.29) is 6.04 Å². The van der Waals surface area contributed by atoms with Crippen LogP contribution in [0.2, 0.25) is 0 Å². The first kappa shape index (κ1) is 22.2. The molecule has 0 amide bonds. The second-order valence-corrected chi connectivity index (χ2v) is 9.83. The van der Waals surface area contributed by atoms with Gasteiger partial charge in [-0.3, -0.25) is 14.1 Å². The molecule has 1 heterocycles. The van der Waals surface area contributed by atoms with Crippen molar-refractivity contribution < 1.29 is 8.95 Å². The highest BCUT2D eigenvalue weighted by atomic mass is 32.2. The Bertz CT molecular complexity index is 664. The van der Waals surface area contributed by atoms with Crippen LogP contribution in [-0.4, -0.2) is 72.0 Å². The van der Waals surface area contributed by atoms with E-state index in [1.807, 2.05) is 14.0 Å². The van der Waals surface area contributed by atoms with E-state index < -0.39 is 10.8 Å². The summed E-state index contributed by atoms with van der Waals surface area (Å²) in [6.45, 7) is 6.27. The molecule has 1 saturated carbocycles. The lowest BCUT2D eigenvalue weighted by Crippen LogP contribution is -2.49. The van der Waals surface area contributed by atoms with Crippen LogP contribution < -0.4 is 10.6 Å². The lowest BCUT2D eigenvalue weighted by molar-refractivity contribution is 0.0170. The van der Waals surface area contributed by atoms with Crippen molar-refractivity contribution in [2.75, 3.05) is 45.6 Å². The van der Waals surface area contributed by atoms with E-state index in [9.17, 15) is 4.21 Å². The third kappa shape index (κ3) is 6.52. The van der Waals surface area contributed by atoms with Gasteiger partial charge in [-0.1, -0.05) is 43.7 Å². The summed E-state index contributed by atoms with van der Waals surface area (Å²) in [6, 6.07) is 11.3. The minimum absolute atomic E-state index is 0.283. The summed E-state index contributed by atoms with van der Waals surface area (Å²) in [5.74, 6) is 1.59. The first-order valence-electron chi connectivity index (χ1n) is 10.9. The van der Waals surface area contributed by atoms with Gasteiger partial charge in [0.05, 0.1) is 19.3 Å². The number of nitrogens with one attached hydrogen (secondary N) is 2. The molecule has 4 unspecified atom stereocenters. The molecule has 1 aromatic carbocycles. The van der Waals surface area contributed by atoms with Gasteiger partial charge in [-0.05, 0) is 24.8 Å². The predicted molar refractivity (Wildman–Crippen MR) is 121 cm³/mol. The van der Waals surface area contributed by atoms with Crippen LogP contribution in [-0.2, 0) is 15.5 Å². The quantitative estimate of drug-likeness (QED) is 0.523. The molecule has 1 aromatic rings. The monoisotopic (exact) mass is 420 g/mol. The molecule has 0 bridgehead atoms. The Morgan fingerprint density at radius 2 is 2.03 bits per heavy atom. The molecule has 2 aliphatic rings. The Kier molecular flexibility index (Phi) is 8.95. The smallest absolute Gasteiger partial charge is 0.191 e. The zero-order chi connectivity index (χ0) is 20.5. The first-order valence-corrected chi connectivity index (χ1v) is 12.3. The largest absolute Gasteiger partial charge is 0.379 e. The number of morpholine rings is 1. The van der Waals surface area contributed by atoms with Gasteiger partial charge in [0.1, 0.15) is 0 Å². The molecule has 0 aromatic heterocycles. The van der Waals surface area contributed by atoms with Crippen LogP contribution in [0.3, 0.4) is 0 Å². The van der Waals surface area contributed by atoms with Crippen molar-refractivity contribution in [1.29, 1.82) is 0 Å². The fourth-order valence-corrected chi connectivity index (χ4v) is 5.70. The molecule has 29 heavy (non-hydrogen) atoms.